The van der Waals surface area contributed by atoms with E-state index in [1.165, 1.54) is 0 Å². The molecule has 4 nitrogen and oxygen atoms in total. The smallest absolute Gasteiger partial charge is 0.259 e. The molecular formula is C17H16BrN3O. The van der Waals surface area contributed by atoms with E-state index in [0.717, 1.165) is 15.7 Å². The van der Waals surface area contributed by atoms with Gasteiger partial charge in [0.25, 0.3) is 5.91 Å². The Kier molecular flexibility index (Phi) is 6.39. The molecule has 22 heavy (non-hydrogen) atoms. The first kappa shape index (κ1) is 16.0. The van der Waals surface area contributed by atoms with E-state index in [-0.39, 0.29) is 12.5 Å². The monoisotopic (exact) mass is 357 g/mol. The van der Waals surface area contributed by atoms with Crippen LogP contribution in [0.15, 0.2) is 70.2 Å². The number of nitrogens with zero attached hydrogens (tertiary/aromatic N) is 1. The molecule has 112 valence electrons. The second-order valence-electron chi connectivity index (χ2n) is 4.44. The molecule has 5 heteroatoms. The SMILES string of the molecule is O=C(CNc1ccc(Br)cc1)N/N=C\C=C\c1ccccc1. The molecular weight excluding hydrogens is 342 g/mol. The highest BCUT2D eigenvalue weighted by Gasteiger charge is 1.98. The third kappa shape index (κ3) is 5.93. The summed E-state index contributed by atoms with van der Waals surface area (Å²) in [4.78, 5) is 11.6. The van der Waals surface area contributed by atoms with Gasteiger partial charge in [-0.15, -0.1) is 0 Å². The van der Waals surface area contributed by atoms with Crippen LogP contribution in [0.2, 0.25) is 0 Å². The quantitative estimate of drug-likeness (QED) is 0.612. The van der Waals surface area contributed by atoms with Crippen LogP contribution < -0.4 is 10.7 Å². The number of carbonyl (C=O) groups is 1. The third-order valence-corrected chi connectivity index (χ3v) is 3.26. The molecule has 0 aromatic heterocycles. The maximum absolute atomic E-state index is 11.6. The minimum atomic E-state index is -0.202. The highest BCUT2D eigenvalue weighted by Crippen LogP contribution is 2.13. The summed E-state index contributed by atoms with van der Waals surface area (Å²) in [6.07, 6.45) is 5.23. The minimum absolute atomic E-state index is 0.168. The van der Waals surface area contributed by atoms with E-state index in [1.54, 1.807) is 12.3 Å². The van der Waals surface area contributed by atoms with Gasteiger partial charge in [0.2, 0.25) is 0 Å². The van der Waals surface area contributed by atoms with Gasteiger partial charge in [-0.3, -0.25) is 4.79 Å². The largest absolute Gasteiger partial charge is 0.376 e. The molecule has 2 aromatic carbocycles. The van der Waals surface area contributed by atoms with E-state index >= 15 is 0 Å². The summed E-state index contributed by atoms with van der Waals surface area (Å²) in [7, 11) is 0. The number of rotatable bonds is 6. The van der Waals surface area contributed by atoms with Crippen LogP contribution in [-0.2, 0) is 4.79 Å². The molecule has 2 aromatic rings. The standard InChI is InChI=1S/C17H16BrN3O/c18-15-8-10-16(11-9-15)19-13-17(22)21-20-12-4-7-14-5-2-1-3-6-14/h1-12,19H,13H2,(H,21,22)/b7-4+,20-12-. The summed E-state index contributed by atoms with van der Waals surface area (Å²) in [5, 5.41) is 6.87. The summed E-state index contributed by atoms with van der Waals surface area (Å²) < 4.78 is 0.998. The van der Waals surface area contributed by atoms with Gasteiger partial charge in [-0.1, -0.05) is 52.3 Å². The summed E-state index contributed by atoms with van der Waals surface area (Å²) in [6, 6.07) is 17.5. The van der Waals surface area contributed by atoms with Gasteiger partial charge in [0, 0.05) is 16.4 Å². The van der Waals surface area contributed by atoms with Gasteiger partial charge in [0.05, 0.1) is 6.54 Å². The Morgan fingerprint density at radius 3 is 2.55 bits per heavy atom. The molecule has 0 heterocycles. The maximum Gasteiger partial charge on any atom is 0.259 e. The number of anilines is 1. The maximum atomic E-state index is 11.6. The van der Waals surface area contributed by atoms with Gasteiger partial charge in [-0.2, -0.15) is 5.10 Å². The summed E-state index contributed by atoms with van der Waals surface area (Å²) in [6.45, 7) is 0.168. The fraction of sp³-hybridized carbons (Fsp3) is 0.0588. The van der Waals surface area contributed by atoms with Crippen molar-refractivity contribution in [2.24, 2.45) is 5.10 Å². The van der Waals surface area contributed by atoms with E-state index in [0.29, 0.717) is 0 Å². The Labute approximate surface area is 138 Å². The van der Waals surface area contributed by atoms with Crippen molar-refractivity contribution >= 4 is 39.8 Å². The van der Waals surface area contributed by atoms with Gasteiger partial charge < -0.3 is 5.32 Å². The van der Waals surface area contributed by atoms with Crippen molar-refractivity contribution in [3.63, 3.8) is 0 Å². The number of hydrazone groups is 1. The van der Waals surface area contributed by atoms with Crippen molar-refractivity contribution in [2.75, 3.05) is 11.9 Å². The number of benzene rings is 2. The fourth-order valence-electron chi connectivity index (χ4n) is 1.66. The number of hydrogen-bond acceptors (Lipinski definition) is 3. The molecule has 0 spiro atoms. The highest BCUT2D eigenvalue weighted by molar-refractivity contribution is 9.10. The number of carbonyl (C=O) groups excluding carboxylic acids is 1. The number of nitrogens with one attached hydrogen (secondary N) is 2. The molecule has 0 fully saturated rings. The van der Waals surface area contributed by atoms with E-state index in [2.05, 4.69) is 31.8 Å². The molecule has 1 amide bonds. The van der Waals surface area contributed by atoms with Crippen LogP contribution in [0, 0.1) is 0 Å². The Balaban J connectivity index is 1.70. The second-order valence-corrected chi connectivity index (χ2v) is 5.36. The Hall–Kier alpha value is -2.40. The molecule has 0 saturated heterocycles. The zero-order valence-electron chi connectivity index (χ0n) is 11.9. The molecule has 0 aliphatic heterocycles. The molecule has 0 aliphatic carbocycles. The van der Waals surface area contributed by atoms with Gasteiger partial charge in [-0.05, 0) is 35.9 Å². The van der Waals surface area contributed by atoms with Gasteiger partial charge in [0.1, 0.15) is 0 Å². The average Bonchev–Trinajstić information content (AvgIpc) is 2.55. The minimum Gasteiger partial charge on any atom is -0.376 e. The first-order chi connectivity index (χ1) is 10.7. The van der Waals surface area contributed by atoms with E-state index in [1.807, 2.05) is 60.7 Å². The van der Waals surface area contributed by atoms with Crippen molar-refractivity contribution in [3.05, 3.63) is 70.7 Å². The molecule has 0 saturated carbocycles. The van der Waals surface area contributed by atoms with Crippen LogP contribution >= 0.6 is 15.9 Å². The fourth-order valence-corrected chi connectivity index (χ4v) is 1.92. The molecule has 0 unspecified atom stereocenters. The average molecular weight is 358 g/mol. The zero-order chi connectivity index (χ0) is 15.6. The lowest BCUT2D eigenvalue weighted by Crippen LogP contribution is -2.25. The summed E-state index contributed by atoms with van der Waals surface area (Å²) in [5.74, 6) is -0.202. The van der Waals surface area contributed by atoms with Crippen molar-refractivity contribution < 1.29 is 4.79 Å². The first-order valence-electron chi connectivity index (χ1n) is 6.77. The van der Waals surface area contributed by atoms with E-state index in [9.17, 15) is 4.79 Å². The lowest BCUT2D eigenvalue weighted by Gasteiger charge is -2.04. The zero-order valence-corrected chi connectivity index (χ0v) is 13.5. The number of halogens is 1. The normalized spacial score (nSPS) is 11.0. The predicted molar refractivity (Wildman–Crippen MR) is 94.7 cm³/mol. The first-order valence-corrected chi connectivity index (χ1v) is 7.56. The lowest BCUT2D eigenvalue weighted by molar-refractivity contribution is -0.119. The predicted octanol–water partition coefficient (Wildman–Crippen LogP) is 3.68. The van der Waals surface area contributed by atoms with E-state index in [4.69, 9.17) is 0 Å². The molecule has 2 rings (SSSR count). The van der Waals surface area contributed by atoms with Crippen LogP contribution in [0.25, 0.3) is 6.08 Å². The third-order valence-electron chi connectivity index (χ3n) is 2.74. The Morgan fingerprint density at radius 2 is 1.82 bits per heavy atom. The van der Waals surface area contributed by atoms with Crippen LogP contribution in [-0.4, -0.2) is 18.7 Å². The van der Waals surface area contributed by atoms with Gasteiger partial charge >= 0.3 is 0 Å². The topological polar surface area (TPSA) is 53.5 Å². The van der Waals surface area contributed by atoms with Crippen LogP contribution in [0.1, 0.15) is 5.56 Å². The van der Waals surface area contributed by atoms with Crippen molar-refractivity contribution in [1.29, 1.82) is 0 Å². The molecule has 0 atom stereocenters. The van der Waals surface area contributed by atoms with Crippen LogP contribution in [0.3, 0.4) is 0 Å². The lowest BCUT2D eigenvalue weighted by atomic mass is 10.2. The summed E-state index contributed by atoms with van der Waals surface area (Å²) >= 11 is 3.36. The van der Waals surface area contributed by atoms with E-state index < -0.39 is 0 Å². The molecule has 0 bridgehead atoms. The molecule has 0 aliphatic rings. The Morgan fingerprint density at radius 1 is 1.09 bits per heavy atom. The summed E-state index contributed by atoms with van der Waals surface area (Å²) in [5.41, 5.74) is 4.42. The Bertz CT molecular complexity index is 651. The van der Waals surface area contributed by atoms with Crippen LogP contribution in [0.4, 0.5) is 5.69 Å². The van der Waals surface area contributed by atoms with Gasteiger partial charge in [-0.25, -0.2) is 5.43 Å². The molecule has 0 radical (unpaired) electrons. The number of amides is 1. The van der Waals surface area contributed by atoms with Crippen molar-refractivity contribution in [1.82, 2.24) is 5.43 Å². The van der Waals surface area contributed by atoms with Crippen molar-refractivity contribution in [3.8, 4) is 0 Å². The van der Waals surface area contributed by atoms with Gasteiger partial charge in [0.15, 0.2) is 0 Å². The number of hydrogen-bond donors (Lipinski definition) is 2. The highest BCUT2D eigenvalue weighted by atomic mass is 79.9. The van der Waals surface area contributed by atoms with Crippen LogP contribution in [0.5, 0.6) is 0 Å². The molecule has 2 N–H and O–H groups in total. The van der Waals surface area contributed by atoms with Crippen molar-refractivity contribution in [2.45, 2.75) is 0 Å². The number of allylic oxidation sites excluding steroid dienone is 1. The second kappa shape index (κ2) is 8.79.